The maximum Gasteiger partial charge on any atom is 0.254 e. The number of nitrogens with zero attached hydrogens (tertiary/aromatic N) is 4. The van der Waals surface area contributed by atoms with E-state index in [4.69, 9.17) is 4.74 Å². The number of hydrogen-bond acceptors (Lipinski definition) is 6. The number of rotatable bonds is 6. The van der Waals surface area contributed by atoms with Crippen LogP contribution in [-0.2, 0) is 24.3 Å². The van der Waals surface area contributed by atoms with Crippen LogP contribution in [0.1, 0.15) is 10.4 Å². The van der Waals surface area contributed by atoms with Crippen molar-refractivity contribution < 1.29 is 27.5 Å². The molecule has 0 radical (unpaired) electrons. The Morgan fingerprint density at radius 3 is 2.13 bits per heavy atom. The van der Waals surface area contributed by atoms with E-state index < -0.39 is 10.0 Å². The predicted molar refractivity (Wildman–Crippen MR) is 110 cm³/mol. The lowest BCUT2D eigenvalue weighted by Crippen LogP contribution is -2.51. The number of sulfonamides is 1. The molecule has 11 heteroatoms. The van der Waals surface area contributed by atoms with E-state index in [0.717, 1.165) is 17.0 Å². The van der Waals surface area contributed by atoms with Gasteiger partial charge in [0.15, 0.2) is 0 Å². The standard InChI is InChI=1S/C19H26N4O6S/c1-30(27,28)23(14-18(25)21-8-6-20(15-24)7-9-21)17-4-2-16(3-5-17)19(26)22-10-12-29-13-11-22/h2-5,15H,6-14H2,1H3. The fourth-order valence-electron chi connectivity index (χ4n) is 3.42. The maximum atomic E-state index is 12.6. The summed E-state index contributed by atoms with van der Waals surface area (Å²) >= 11 is 0. The molecular weight excluding hydrogens is 412 g/mol. The number of morpholine rings is 1. The van der Waals surface area contributed by atoms with Crippen molar-refractivity contribution in [2.75, 3.05) is 69.6 Å². The summed E-state index contributed by atoms with van der Waals surface area (Å²) in [7, 11) is -3.71. The molecule has 0 spiro atoms. The fourth-order valence-corrected chi connectivity index (χ4v) is 4.27. The Bertz CT molecular complexity index is 875. The molecule has 2 saturated heterocycles. The van der Waals surface area contributed by atoms with Crippen LogP contribution in [0.2, 0.25) is 0 Å². The molecule has 0 aromatic heterocycles. The van der Waals surface area contributed by atoms with Crippen molar-refractivity contribution in [3.05, 3.63) is 29.8 Å². The highest BCUT2D eigenvalue weighted by molar-refractivity contribution is 7.92. The van der Waals surface area contributed by atoms with E-state index in [9.17, 15) is 22.8 Å². The van der Waals surface area contributed by atoms with Crippen LogP contribution < -0.4 is 4.31 Å². The van der Waals surface area contributed by atoms with E-state index in [2.05, 4.69) is 0 Å². The topological polar surface area (TPSA) is 108 Å². The first-order valence-electron chi connectivity index (χ1n) is 9.71. The monoisotopic (exact) mass is 438 g/mol. The normalized spacial score (nSPS) is 17.6. The summed E-state index contributed by atoms with van der Waals surface area (Å²) in [5.74, 6) is -0.473. The van der Waals surface area contributed by atoms with Gasteiger partial charge in [0.05, 0.1) is 25.2 Å². The van der Waals surface area contributed by atoms with E-state index in [0.29, 0.717) is 63.7 Å². The summed E-state index contributed by atoms with van der Waals surface area (Å²) in [5.41, 5.74) is 0.765. The first kappa shape index (κ1) is 22.0. The molecule has 10 nitrogen and oxygen atoms in total. The lowest BCUT2D eigenvalue weighted by molar-refractivity contribution is -0.133. The number of anilines is 1. The summed E-state index contributed by atoms with van der Waals surface area (Å²) in [6.45, 7) is 3.26. The summed E-state index contributed by atoms with van der Waals surface area (Å²) in [6, 6.07) is 6.20. The third kappa shape index (κ3) is 5.28. The van der Waals surface area contributed by atoms with Crippen LogP contribution in [0.15, 0.2) is 24.3 Å². The van der Waals surface area contributed by atoms with Gasteiger partial charge < -0.3 is 19.4 Å². The zero-order chi connectivity index (χ0) is 21.7. The highest BCUT2D eigenvalue weighted by atomic mass is 32.2. The maximum absolute atomic E-state index is 12.6. The number of ether oxygens (including phenoxy) is 1. The molecule has 2 aliphatic heterocycles. The van der Waals surface area contributed by atoms with Gasteiger partial charge >= 0.3 is 0 Å². The second kappa shape index (κ2) is 9.43. The van der Waals surface area contributed by atoms with Crippen LogP contribution in [0.25, 0.3) is 0 Å². The smallest absolute Gasteiger partial charge is 0.254 e. The van der Waals surface area contributed by atoms with Gasteiger partial charge in [0.2, 0.25) is 22.3 Å². The molecule has 1 aromatic rings. The molecule has 30 heavy (non-hydrogen) atoms. The number of carbonyl (C=O) groups is 3. The molecule has 2 fully saturated rings. The van der Waals surface area contributed by atoms with E-state index in [1.807, 2.05) is 0 Å². The number of hydrogen-bond donors (Lipinski definition) is 0. The predicted octanol–water partition coefficient (Wildman–Crippen LogP) is -0.774. The van der Waals surface area contributed by atoms with Crippen molar-refractivity contribution in [2.45, 2.75) is 0 Å². The quantitative estimate of drug-likeness (QED) is 0.540. The Hall–Kier alpha value is -2.66. The van der Waals surface area contributed by atoms with Crippen molar-refractivity contribution in [1.82, 2.24) is 14.7 Å². The molecule has 2 aliphatic rings. The van der Waals surface area contributed by atoms with E-state index in [1.54, 1.807) is 26.8 Å². The molecule has 0 saturated carbocycles. The molecule has 0 unspecified atom stereocenters. The summed E-state index contributed by atoms with van der Waals surface area (Å²) < 4.78 is 30.9. The molecule has 164 valence electrons. The minimum atomic E-state index is -3.71. The van der Waals surface area contributed by atoms with Crippen molar-refractivity contribution in [1.29, 1.82) is 0 Å². The molecular formula is C19H26N4O6S. The summed E-state index contributed by atoms with van der Waals surface area (Å²) in [5, 5.41) is 0. The Kier molecular flexibility index (Phi) is 6.93. The van der Waals surface area contributed by atoms with Gasteiger partial charge in [0, 0.05) is 44.8 Å². The third-order valence-corrected chi connectivity index (χ3v) is 6.34. The average molecular weight is 439 g/mol. The van der Waals surface area contributed by atoms with Crippen LogP contribution in [0.4, 0.5) is 5.69 Å². The van der Waals surface area contributed by atoms with Crippen LogP contribution in [0, 0.1) is 0 Å². The first-order chi connectivity index (χ1) is 14.3. The largest absolute Gasteiger partial charge is 0.378 e. The molecule has 2 heterocycles. The Morgan fingerprint density at radius 2 is 1.60 bits per heavy atom. The van der Waals surface area contributed by atoms with Gasteiger partial charge in [-0.2, -0.15) is 0 Å². The lowest BCUT2D eigenvalue weighted by Gasteiger charge is -2.34. The zero-order valence-electron chi connectivity index (χ0n) is 16.9. The van der Waals surface area contributed by atoms with Crippen molar-refractivity contribution in [3.8, 4) is 0 Å². The minimum Gasteiger partial charge on any atom is -0.378 e. The van der Waals surface area contributed by atoms with Gasteiger partial charge in [-0.1, -0.05) is 0 Å². The fraction of sp³-hybridized carbons (Fsp3) is 0.526. The van der Waals surface area contributed by atoms with Gasteiger partial charge in [-0.15, -0.1) is 0 Å². The molecule has 0 bridgehead atoms. The van der Waals surface area contributed by atoms with Crippen LogP contribution >= 0.6 is 0 Å². The van der Waals surface area contributed by atoms with Crippen molar-refractivity contribution in [3.63, 3.8) is 0 Å². The van der Waals surface area contributed by atoms with Crippen LogP contribution in [0.3, 0.4) is 0 Å². The first-order valence-corrected chi connectivity index (χ1v) is 11.6. The molecule has 1 aromatic carbocycles. The van der Waals surface area contributed by atoms with Gasteiger partial charge in [-0.25, -0.2) is 8.42 Å². The molecule has 0 N–H and O–H groups in total. The Labute approximate surface area is 176 Å². The van der Waals surface area contributed by atoms with Crippen molar-refractivity contribution in [2.24, 2.45) is 0 Å². The summed E-state index contributed by atoms with van der Waals surface area (Å²) in [6.07, 6.45) is 1.78. The van der Waals surface area contributed by atoms with E-state index in [1.165, 1.54) is 12.1 Å². The van der Waals surface area contributed by atoms with Gasteiger partial charge in [0.1, 0.15) is 6.54 Å². The van der Waals surface area contributed by atoms with Gasteiger partial charge in [0.25, 0.3) is 5.91 Å². The number of benzene rings is 1. The highest BCUT2D eigenvalue weighted by Gasteiger charge is 2.27. The van der Waals surface area contributed by atoms with Crippen molar-refractivity contribution >= 4 is 33.9 Å². The SMILES string of the molecule is CS(=O)(=O)N(CC(=O)N1CCN(C=O)CC1)c1ccc(C(=O)N2CCOCC2)cc1. The average Bonchev–Trinajstić information content (AvgIpc) is 2.77. The van der Waals surface area contributed by atoms with Gasteiger partial charge in [-0.3, -0.25) is 18.7 Å². The van der Waals surface area contributed by atoms with Crippen LogP contribution in [0.5, 0.6) is 0 Å². The second-order valence-electron chi connectivity index (χ2n) is 7.24. The number of amides is 3. The molecule has 0 aliphatic carbocycles. The second-order valence-corrected chi connectivity index (χ2v) is 9.15. The summed E-state index contributed by atoms with van der Waals surface area (Å²) in [4.78, 5) is 40.8. The van der Waals surface area contributed by atoms with E-state index >= 15 is 0 Å². The van der Waals surface area contributed by atoms with Gasteiger partial charge in [-0.05, 0) is 24.3 Å². The lowest BCUT2D eigenvalue weighted by atomic mass is 10.1. The zero-order valence-corrected chi connectivity index (χ0v) is 17.7. The molecule has 3 amide bonds. The number of carbonyl (C=O) groups excluding carboxylic acids is 3. The van der Waals surface area contributed by atoms with E-state index in [-0.39, 0.29) is 18.4 Å². The molecule has 0 atom stereocenters. The Morgan fingerprint density at radius 1 is 1.00 bits per heavy atom. The highest BCUT2D eigenvalue weighted by Crippen LogP contribution is 2.20. The minimum absolute atomic E-state index is 0.139. The number of piperazine rings is 1. The van der Waals surface area contributed by atoms with Crippen LogP contribution in [-0.4, -0.2) is 107 Å². The Balaban J connectivity index is 1.70. The third-order valence-electron chi connectivity index (χ3n) is 5.20. The molecule has 3 rings (SSSR count).